The Morgan fingerprint density at radius 1 is 0.900 bits per heavy atom. The van der Waals surface area contributed by atoms with Gasteiger partial charge in [-0.25, -0.2) is 0 Å². The highest BCUT2D eigenvalue weighted by Crippen LogP contribution is 2.70. The summed E-state index contributed by atoms with van der Waals surface area (Å²) in [5, 5.41) is 9.82. The lowest BCUT2D eigenvalue weighted by atomic mass is 9.77. The molecule has 1 aliphatic carbocycles. The van der Waals surface area contributed by atoms with E-state index in [1.165, 1.54) is 12.1 Å². The van der Waals surface area contributed by atoms with Crippen molar-refractivity contribution in [2.45, 2.75) is 30.6 Å². The first-order valence-corrected chi connectivity index (χ1v) is 8.61. The number of halogens is 6. The van der Waals surface area contributed by atoms with Crippen LogP contribution in [0.5, 0.6) is 0 Å². The fourth-order valence-corrected chi connectivity index (χ4v) is 4.10. The summed E-state index contributed by atoms with van der Waals surface area (Å²) in [5.41, 5.74) is -1.05. The van der Waals surface area contributed by atoms with Crippen LogP contribution in [0.1, 0.15) is 35.1 Å². The van der Waals surface area contributed by atoms with Crippen LogP contribution in [0.3, 0.4) is 0 Å². The number of primary amides is 1. The third kappa shape index (κ3) is 3.40. The molecule has 0 aliphatic heterocycles. The molecule has 1 saturated carbocycles. The number of hydrogen-bond acceptors (Lipinski definition) is 2. The van der Waals surface area contributed by atoms with Crippen LogP contribution >= 0.6 is 0 Å². The Kier molecular flexibility index (Phi) is 4.87. The van der Waals surface area contributed by atoms with Crippen LogP contribution in [-0.4, -0.2) is 17.0 Å². The van der Waals surface area contributed by atoms with Gasteiger partial charge in [0.25, 0.3) is 0 Å². The summed E-state index contributed by atoms with van der Waals surface area (Å²) in [5.74, 6) is -2.56. The fourth-order valence-electron chi connectivity index (χ4n) is 4.10. The van der Waals surface area contributed by atoms with Crippen LogP contribution in [0.2, 0.25) is 0 Å². The number of alkyl halides is 6. The summed E-state index contributed by atoms with van der Waals surface area (Å²) in [4.78, 5) is 23.7. The molecule has 4 nitrogen and oxygen atoms in total. The quantitative estimate of drug-likeness (QED) is 0.691. The number of aliphatic carboxylic acids is 1. The van der Waals surface area contributed by atoms with Crippen LogP contribution in [0.4, 0.5) is 26.3 Å². The normalized spacial score (nSPS) is 20.6. The molecule has 160 valence electrons. The van der Waals surface area contributed by atoms with Crippen molar-refractivity contribution in [2.75, 3.05) is 0 Å². The van der Waals surface area contributed by atoms with E-state index in [0.717, 1.165) is 24.3 Å². The van der Waals surface area contributed by atoms with E-state index in [-0.39, 0.29) is 17.5 Å². The van der Waals surface area contributed by atoms with E-state index in [2.05, 4.69) is 0 Å². The Labute approximate surface area is 166 Å². The summed E-state index contributed by atoms with van der Waals surface area (Å²) in [6.45, 7) is 0. The summed E-state index contributed by atoms with van der Waals surface area (Å²) in [7, 11) is 0. The minimum Gasteiger partial charge on any atom is -0.481 e. The Hall–Kier alpha value is -3.04. The number of carbonyl (C=O) groups excluding carboxylic acids is 1. The second-order valence-corrected chi connectivity index (χ2v) is 7.27. The largest absolute Gasteiger partial charge is 0.481 e. The monoisotopic (exact) mass is 431 g/mol. The summed E-state index contributed by atoms with van der Waals surface area (Å²) in [6.07, 6.45) is -10.6. The summed E-state index contributed by atoms with van der Waals surface area (Å²) in [6, 6.07) is 7.44. The van der Waals surface area contributed by atoms with E-state index in [0.29, 0.717) is 12.1 Å². The van der Waals surface area contributed by atoms with Gasteiger partial charge in [-0.15, -0.1) is 0 Å². The first-order chi connectivity index (χ1) is 13.7. The number of benzene rings is 2. The molecule has 1 unspecified atom stereocenters. The number of amides is 1. The van der Waals surface area contributed by atoms with Gasteiger partial charge in [-0.3, -0.25) is 9.59 Å². The van der Waals surface area contributed by atoms with Crippen LogP contribution in [0.15, 0.2) is 48.5 Å². The number of rotatable bonds is 5. The van der Waals surface area contributed by atoms with E-state index < -0.39 is 52.6 Å². The second-order valence-electron chi connectivity index (χ2n) is 7.27. The minimum absolute atomic E-state index is 0.153. The Morgan fingerprint density at radius 2 is 1.33 bits per heavy atom. The number of hydrogen-bond donors (Lipinski definition) is 2. The Balaban J connectivity index is 2.28. The van der Waals surface area contributed by atoms with Crippen LogP contribution in [-0.2, 0) is 27.4 Å². The van der Waals surface area contributed by atoms with Gasteiger partial charge in [-0.05, 0) is 29.7 Å². The van der Waals surface area contributed by atoms with E-state index in [9.17, 15) is 41.0 Å². The predicted octanol–water partition coefficient (Wildman–Crippen LogP) is 4.36. The van der Waals surface area contributed by atoms with Crippen molar-refractivity contribution in [2.24, 2.45) is 11.1 Å². The zero-order valence-corrected chi connectivity index (χ0v) is 15.1. The molecule has 0 radical (unpaired) electrons. The molecule has 3 rings (SSSR count). The molecule has 0 heterocycles. The standard InChI is InChI=1S/C20H15F6NO3/c21-19(22,23)13-5-1-3-11(7-13)18(10-17(18,16(29)30)9-15(27)28)12-4-2-6-14(8-12)20(24,25)26/h1-8H,9-10H2,(H2,27,28)(H,29,30). The van der Waals surface area contributed by atoms with Crippen molar-refractivity contribution >= 4 is 11.9 Å². The average molecular weight is 431 g/mol. The first-order valence-electron chi connectivity index (χ1n) is 8.61. The predicted molar refractivity (Wildman–Crippen MR) is 92.2 cm³/mol. The van der Waals surface area contributed by atoms with Gasteiger partial charge >= 0.3 is 18.3 Å². The van der Waals surface area contributed by atoms with Crippen molar-refractivity contribution in [1.82, 2.24) is 0 Å². The minimum atomic E-state index is -4.75. The SMILES string of the molecule is NC(=O)CC1(C(=O)O)CC1(c1cccc(C(F)(F)F)c1)c1cccc(C(F)(F)F)c1. The van der Waals surface area contributed by atoms with E-state index in [1.807, 2.05) is 0 Å². The highest BCUT2D eigenvalue weighted by Gasteiger charge is 2.74. The van der Waals surface area contributed by atoms with Crippen molar-refractivity contribution in [3.05, 3.63) is 70.8 Å². The van der Waals surface area contributed by atoms with Crippen LogP contribution < -0.4 is 5.73 Å². The molecule has 1 aliphatic rings. The van der Waals surface area contributed by atoms with Crippen LogP contribution in [0.25, 0.3) is 0 Å². The van der Waals surface area contributed by atoms with Gasteiger partial charge in [0.1, 0.15) is 0 Å². The van der Waals surface area contributed by atoms with Gasteiger partial charge in [-0.2, -0.15) is 26.3 Å². The Bertz CT molecular complexity index is 957. The molecule has 1 atom stereocenters. The van der Waals surface area contributed by atoms with Gasteiger partial charge < -0.3 is 10.8 Å². The molecule has 0 saturated heterocycles. The lowest BCUT2D eigenvalue weighted by Gasteiger charge is -2.25. The van der Waals surface area contributed by atoms with Gasteiger partial charge in [0.05, 0.1) is 16.5 Å². The average Bonchev–Trinajstić information content (AvgIpc) is 3.31. The van der Waals surface area contributed by atoms with Gasteiger partial charge in [-0.1, -0.05) is 36.4 Å². The van der Waals surface area contributed by atoms with Crippen molar-refractivity contribution < 1.29 is 41.0 Å². The molecule has 2 aromatic carbocycles. The summed E-state index contributed by atoms with van der Waals surface area (Å²) >= 11 is 0. The smallest absolute Gasteiger partial charge is 0.416 e. The highest BCUT2D eigenvalue weighted by atomic mass is 19.4. The first kappa shape index (κ1) is 21.7. The number of carbonyl (C=O) groups is 2. The lowest BCUT2D eigenvalue weighted by molar-refractivity contribution is -0.146. The van der Waals surface area contributed by atoms with E-state index in [1.54, 1.807) is 0 Å². The maximum Gasteiger partial charge on any atom is 0.416 e. The van der Waals surface area contributed by atoms with E-state index >= 15 is 0 Å². The van der Waals surface area contributed by atoms with Gasteiger partial charge in [0.15, 0.2) is 0 Å². The maximum atomic E-state index is 13.2. The summed E-state index contributed by atoms with van der Waals surface area (Å²) < 4.78 is 79.3. The van der Waals surface area contributed by atoms with Crippen molar-refractivity contribution in [1.29, 1.82) is 0 Å². The second kappa shape index (κ2) is 6.75. The maximum absolute atomic E-state index is 13.2. The molecule has 2 aromatic rings. The zero-order valence-electron chi connectivity index (χ0n) is 15.1. The molecule has 0 bridgehead atoms. The third-order valence-corrected chi connectivity index (χ3v) is 5.51. The lowest BCUT2D eigenvalue weighted by Crippen LogP contribution is -2.32. The number of carboxylic acids is 1. The Morgan fingerprint density at radius 3 is 1.67 bits per heavy atom. The van der Waals surface area contributed by atoms with Crippen molar-refractivity contribution in [3.8, 4) is 0 Å². The fraction of sp³-hybridized carbons (Fsp3) is 0.300. The molecule has 1 amide bonds. The molecular formula is C20H15F6NO3. The molecule has 3 N–H and O–H groups in total. The number of nitrogens with two attached hydrogens (primary N) is 1. The van der Waals surface area contributed by atoms with Crippen molar-refractivity contribution in [3.63, 3.8) is 0 Å². The van der Waals surface area contributed by atoms with E-state index in [4.69, 9.17) is 5.73 Å². The molecule has 1 fully saturated rings. The molecule has 10 heteroatoms. The molecule has 0 aromatic heterocycles. The molecule has 0 spiro atoms. The van der Waals surface area contributed by atoms with Gasteiger partial charge in [0.2, 0.25) is 5.91 Å². The molecular weight excluding hydrogens is 416 g/mol. The third-order valence-electron chi connectivity index (χ3n) is 5.51. The molecule has 30 heavy (non-hydrogen) atoms. The van der Waals surface area contributed by atoms with Gasteiger partial charge in [0, 0.05) is 11.8 Å². The topological polar surface area (TPSA) is 80.4 Å². The number of carboxylic acid groups (broad SMARTS) is 1. The van der Waals surface area contributed by atoms with Crippen LogP contribution in [0, 0.1) is 5.41 Å². The highest BCUT2D eigenvalue weighted by molar-refractivity contribution is 5.91. The zero-order chi connectivity index (χ0) is 22.5.